The van der Waals surface area contributed by atoms with Crippen molar-refractivity contribution in [3.63, 3.8) is 0 Å². The third-order valence-electron chi connectivity index (χ3n) is 3.72. The van der Waals surface area contributed by atoms with Gasteiger partial charge in [-0.15, -0.1) is 0 Å². The van der Waals surface area contributed by atoms with E-state index in [0.29, 0.717) is 18.0 Å². The minimum atomic E-state index is -0.122. The first-order valence-electron chi connectivity index (χ1n) is 8.35. The maximum Gasteiger partial charge on any atom is 0.226 e. The summed E-state index contributed by atoms with van der Waals surface area (Å²) >= 11 is 0. The number of hydrogen-bond donors (Lipinski definition) is 1. The molecule has 0 bridgehead atoms. The first kappa shape index (κ1) is 18.5. The lowest BCUT2D eigenvalue weighted by Crippen LogP contribution is -2.37. The molecule has 132 valence electrons. The van der Waals surface area contributed by atoms with Crippen molar-refractivity contribution in [2.75, 3.05) is 11.9 Å². The summed E-state index contributed by atoms with van der Waals surface area (Å²) in [7, 11) is 0. The van der Waals surface area contributed by atoms with E-state index in [1.54, 1.807) is 29.2 Å². The van der Waals surface area contributed by atoms with E-state index in [1.807, 2.05) is 44.2 Å². The Morgan fingerprint density at radius 2 is 1.60 bits per heavy atom. The van der Waals surface area contributed by atoms with Gasteiger partial charge in [0, 0.05) is 31.6 Å². The van der Waals surface area contributed by atoms with E-state index in [-0.39, 0.29) is 24.3 Å². The second kappa shape index (κ2) is 8.87. The first-order valence-corrected chi connectivity index (χ1v) is 8.35. The molecule has 0 radical (unpaired) electrons. The van der Waals surface area contributed by atoms with Gasteiger partial charge in [-0.1, -0.05) is 18.2 Å². The Morgan fingerprint density at radius 1 is 1.00 bits per heavy atom. The van der Waals surface area contributed by atoms with E-state index in [2.05, 4.69) is 5.32 Å². The molecule has 0 saturated heterocycles. The number of para-hydroxylation sites is 1. The second-order valence-electron chi connectivity index (χ2n) is 6.04. The van der Waals surface area contributed by atoms with Crippen molar-refractivity contribution < 1.29 is 14.3 Å². The number of nitrogens with one attached hydrogen (secondary N) is 1. The lowest BCUT2D eigenvalue weighted by atomic mass is 10.2. The Labute approximate surface area is 148 Å². The Balaban J connectivity index is 1.86. The number of nitrogens with zero attached hydrogens (tertiary/aromatic N) is 1. The molecular weight excluding hydrogens is 316 g/mol. The molecular formula is C20H24N2O3. The van der Waals surface area contributed by atoms with Crippen LogP contribution in [-0.2, 0) is 9.59 Å². The first-order chi connectivity index (χ1) is 12.0. The highest BCUT2D eigenvalue weighted by Gasteiger charge is 2.14. The van der Waals surface area contributed by atoms with Crippen LogP contribution in [0.15, 0.2) is 54.6 Å². The molecule has 0 aliphatic rings. The van der Waals surface area contributed by atoms with Crippen molar-refractivity contribution >= 4 is 17.5 Å². The Morgan fingerprint density at radius 3 is 2.16 bits per heavy atom. The van der Waals surface area contributed by atoms with Gasteiger partial charge in [0.1, 0.15) is 11.5 Å². The van der Waals surface area contributed by atoms with Gasteiger partial charge in [-0.05, 0) is 50.2 Å². The van der Waals surface area contributed by atoms with Crippen molar-refractivity contribution in [1.29, 1.82) is 0 Å². The van der Waals surface area contributed by atoms with Crippen LogP contribution in [0.25, 0.3) is 0 Å². The molecule has 0 aromatic heterocycles. The van der Waals surface area contributed by atoms with Gasteiger partial charge in [0.15, 0.2) is 0 Å². The van der Waals surface area contributed by atoms with E-state index in [4.69, 9.17) is 4.74 Å². The zero-order valence-electron chi connectivity index (χ0n) is 14.9. The van der Waals surface area contributed by atoms with E-state index in [9.17, 15) is 9.59 Å². The predicted octanol–water partition coefficient (Wildman–Crippen LogP) is 4.06. The minimum Gasteiger partial charge on any atom is -0.457 e. The summed E-state index contributed by atoms with van der Waals surface area (Å²) < 4.78 is 5.71. The normalized spacial score (nSPS) is 10.4. The summed E-state index contributed by atoms with van der Waals surface area (Å²) in [6.07, 6.45) is 0.264. The smallest absolute Gasteiger partial charge is 0.226 e. The average Bonchev–Trinajstić information content (AvgIpc) is 2.57. The molecule has 1 N–H and O–H groups in total. The number of benzene rings is 2. The number of anilines is 1. The van der Waals surface area contributed by atoms with Crippen LogP contribution >= 0.6 is 0 Å². The molecule has 25 heavy (non-hydrogen) atoms. The molecule has 5 nitrogen and oxygen atoms in total. The van der Waals surface area contributed by atoms with Gasteiger partial charge in [-0.3, -0.25) is 9.59 Å². The van der Waals surface area contributed by atoms with Gasteiger partial charge in [-0.2, -0.15) is 0 Å². The molecule has 2 aromatic carbocycles. The van der Waals surface area contributed by atoms with E-state index in [0.717, 1.165) is 5.75 Å². The maximum atomic E-state index is 12.1. The molecule has 2 rings (SSSR count). The van der Waals surface area contributed by atoms with Crippen molar-refractivity contribution in [3.05, 3.63) is 54.6 Å². The number of carbonyl (C=O) groups is 2. The van der Waals surface area contributed by atoms with Crippen LogP contribution in [-0.4, -0.2) is 29.3 Å². The molecule has 5 heteroatoms. The lowest BCUT2D eigenvalue weighted by Gasteiger charge is -2.24. The Kier molecular flexibility index (Phi) is 6.57. The summed E-state index contributed by atoms with van der Waals surface area (Å²) in [4.78, 5) is 25.3. The number of carbonyl (C=O) groups excluding carboxylic acids is 2. The average molecular weight is 340 g/mol. The van der Waals surface area contributed by atoms with Gasteiger partial charge < -0.3 is 15.0 Å². The van der Waals surface area contributed by atoms with Crippen LogP contribution in [0.4, 0.5) is 5.69 Å². The maximum absolute atomic E-state index is 12.1. The number of hydrogen-bond acceptors (Lipinski definition) is 3. The fraction of sp³-hybridized carbons (Fsp3) is 0.300. The van der Waals surface area contributed by atoms with Gasteiger partial charge in [-0.25, -0.2) is 0 Å². The third-order valence-corrected chi connectivity index (χ3v) is 3.72. The number of rotatable bonds is 7. The van der Waals surface area contributed by atoms with Crippen LogP contribution in [0, 0.1) is 0 Å². The van der Waals surface area contributed by atoms with E-state index >= 15 is 0 Å². The van der Waals surface area contributed by atoms with Gasteiger partial charge in [0.05, 0.1) is 0 Å². The SMILES string of the molecule is CC(=O)N(CCC(=O)Nc1ccc(Oc2ccccc2)cc1)C(C)C. The quantitative estimate of drug-likeness (QED) is 0.827. The van der Waals surface area contributed by atoms with Crippen LogP contribution < -0.4 is 10.1 Å². The van der Waals surface area contributed by atoms with Crippen molar-refractivity contribution in [2.45, 2.75) is 33.2 Å². The molecule has 0 heterocycles. The van der Waals surface area contributed by atoms with Crippen molar-refractivity contribution in [1.82, 2.24) is 4.90 Å². The van der Waals surface area contributed by atoms with Crippen LogP contribution in [0.5, 0.6) is 11.5 Å². The highest BCUT2D eigenvalue weighted by atomic mass is 16.5. The molecule has 2 aromatic rings. The van der Waals surface area contributed by atoms with Crippen LogP contribution in [0.2, 0.25) is 0 Å². The number of amides is 2. The summed E-state index contributed by atoms with van der Waals surface area (Å²) in [6.45, 7) is 5.80. The fourth-order valence-corrected chi connectivity index (χ4v) is 2.46. The third kappa shape index (κ3) is 5.95. The topological polar surface area (TPSA) is 58.6 Å². The predicted molar refractivity (Wildman–Crippen MR) is 98.7 cm³/mol. The van der Waals surface area contributed by atoms with Crippen molar-refractivity contribution in [2.24, 2.45) is 0 Å². The minimum absolute atomic E-state index is 0.0230. The number of ether oxygens (including phenoxy) is 1. The highest BCUT2D eigenvalue weighted by molar-refractivity contribution is 5.91. The van der Waals surface area contributed by atoms with E-state index < -0.39 is 0 Å². The molecule has 0 spiro atoms. The molecule has 0 fully saturated rings. The standard InChI is InChI=1S/C20H24N2O3/c1-15(2)22(16(3)23)14-13-20(24)21-17-9-11-19(12-10-17)25-18-7-5-4-6-8-18/h4-12,15H,13-14H2,1-3H3,(H,21,24). The zero-order chi connectivity index (χ0) is 18.2. The van der Waals surface area contributed by atoms with E-state index in [1.165, 1.54) is 6.92 Å². The summed E-state index contributed by atoms with van der Waals surface area (Å²) in [5.74, 6) is 1.32. The van der Waals surface area contributed by atoms with Gasteiger partial charge in [0.25, 0.3) is 0 Å². The highest BCUT2D eigenvalue weighted by Crippen LogP contribution is 2.22. The summed E-state index contributed by atoms with van der Waals surface area (Å²) in [5.41, 5.74) is 0.698. The van der Waals surface area contributed by atoms with Crippen LogP contribution in [0.1, 0.15) is 27.2 Å². The molecule has 0 unspecified atom stereocenters. The Bertz CT molecular complexity index is 697. The van der Waals surface area contributed by atoms with Gasteiger partial charge >= 0.3 is 0 Å². The monoisotopic (exact) mass is 340 g/mol. The zero-order valence-corrected chi connectivity index (χ0v) is 14.9. The molecule has 0 atom stereocenters. The molecule has 2 amide bonds. The summed E-state index contributed by atoms with van der Waals surface area (Å²) in [6, 6.07) is 16.8. The summed E-state index contributed by atoms with van der Waals surface area (Å²) in [5, 5.41) is 2.83. The molecule has 0 aliphatic carbocycles. The Hall–Kier alpha value is -2.82. The second-order valence-corrected chi connectivity index (χ2v) is 6.04. The fourth-order valence-electron chi connectivity index (χ4n) is 2.46. The largest absolute Gasteiger partial charge is 0.457 e. The van der Waals surface area contributed by atoms with Crippen molar-refractivity contribution in [3.8, 4) is 11.5 Å². The molecule has 0 saturated carbocycles. The van der Waals surface area contributed by atoms with Crippen LogP contribution in [0.3, 0.4) is 0 Å². The lowest BCUT2D eigenvalue weighted by molar-refractivity contribution is -0.130. The molecule has 0 aliphatic heterocycles. The van der Waals surface area contributed by atoms with Gasteiger partial charge in [0.2, 0.25) is 11.8 Å².